The summed E-state index contributed by atoms with van der Waals surface area (Å²) in [7, 11) is 0. The van der Waals surface area contributed by atoms with Crippen molar-refractivity contribution >= 4 is 17.7 Å². The fourth-order valence-corrected chi connectivity index (χ4v) is 3.51. The van der Waals surface area contributed by atoms with Gasteiger partial charge in [0, 0.05) is 17.7 Å². The molecule has 136 valence electrons. The van der Waals surface area contributed by atoms with Crippen molar-refractivity contribution in [3.63, 3.8) is 0 Å². The van der Waals surface area contributed by atoms with Crippen LogP contribution in [0.15, 0.2) is 30.3 Å². The summed E-state index contributed by atoms with van der Waals surface area (Å²) in [5, 5.41) is 12.2. The van der Waals surface area contributed by atoms with Crippen LogP contribution in [-0.4, -0.2) is 27.8 Å². The molecule has 1 aliphatic carbocycles. The third-order valence-electron chi connectivity index (χ3n) is 5.00. The van der Waals surface area contributed by atoms with Gasteiger partial charge in [0.15, 0.2) is 5.78 Å². The third-order valence-corrected chi connectivity index (χ3v) is 5.00. The number of fused-ring (bicyclic) bond motifs is 1. The molecule has 0 saturated heterocycles. The molecule has 2 unspecified atom stereocenters. The molecule has 6 heteroatoms. The molecule has 0 radical (unpaired) electrons. The summed E-state index contributed by atoms with van der Waals surface area (Å²) < 4.78 is 0. The number of carboxylic acid groups (broad SMARTS) is 1. The Bertz CT molecular complexity index is 854. The summed E-state index contributed by atoms with van der Waals surface area (Å²) in [5.41, 5.74) is 3.11. The van der Waals surface area contributed by atoms with Crippen LogP contribution >= 0.6 is 0 Å². The Balaban J connectivity index is 1.92. The average molecular weight is 354 g/mol. The van der Waals surface area contributed by atoms with Crippen LogP contribution in [-0.2, 0) is 11.2 Å². The largest absolute Gasteiger partial charge is 0.481 e. The number of hydrogen-bond acceptors (Lipinski definition) is 3. The highest BCUT2D eigenvalue weighted by molar-refractivity contribution is 6.04. The number of aromatic nitrogens is 1. The Morgan fingerprint density at radius 3 is 2.50 bits per heavy atom. The number of carbonyl (C=O) groups is 3. The molecule has 1 aliphatic rings. The van der Waals surface area contributed by atoms with E-state index in [9.17, 15) is 19.5 Å². The molecule has 0 spiro atoms. The quantitative estimate of drug-likeness (QED) is 0.768. The smallest absolute Gasteiger partial charge is 0.308 e. The minimum absolute atomic E-state index is 0.0533. The van der Waals surface area contributed by atoms with Gasteiger partial charge < -0.3 is 15.4 Å². The first-order valence-electron chi connectivity index (χ1n) is 8.73. The number of amides is 1. The lowest BCUT2D eigenvalue weighted by Gasteiger charge is -2.23. The highest BCUT2D eigenvalue weighted by Crippen LogP contribution is 2.28. The Morgan fingerprint density at radius 1 is 1.19 bits per heavy atom. The Kier molecular flexibility index (Phi) is 4.93. The molecule has 1 amide bonds. The van der Waals surface area contributed by atoms with Gasteiger partial charge in [0.25, 0.3) is 5.91 Å². The molecule has 0 saturated carbocycles. The van der Waals surface area contributed by atoms with Crippen LogP contribution in [0.3, 0.4) is 0 Å². The Hall–Kier alpha value is -2.89. The van der Waals surface area contributed by atoms with Gasteiger partial charge >= 0.3 is 5.97 Å². The number of ketones is 1. The van der Waals surface area contributed by atoms with Crippen molar-refractivity contribution in [2.24, 2.45) is 5.92 Å². The number of Topliss-reactive ketones (excluding diaryl/α,β-unsaturated/α-hetero) is 1. The van der Waals surface area contributed by atoms with Gasteiger partial charge in [-0.3, -0.25) is 14.4 Å². The summed E-state index contributed by atoms with van der Waals surface area (Å²) in [4.78, 5) is 39.6. The van der Waals surface area contributed by atoms with Gasteiger partial charge in [-0.05, 0) is 37.8 Å². The lowest BCUT2D eigenvalue weighted by molar-refractivity contribution is -0.142. The number of aliphatic carboxylic acids is 1. The predicted molar refractivity (Wildman–Crippen MR) is 96.2 cm³/mol. The number of aryl methyl sites for hydroxylation is 1. The zero-order valence-corrected chi connectivity index (χ0v) is 14.8. The number of carboxylic acids is 1. The molecule has 26 heavy (non-hydrogen) atoms. The average Bonchev–Trinajstić information content (AvgIpc) is 2.97. The van der Waals surface area contributed by atoms with Crippen LogP contribution < -0.4 is 5.32 Å². The normalized spacial score (nSPS) is 15.8. The summed E-state index contributed by atoms with van der Waals surface area (Å²) in [6, 6.07) is 8.36. The minimum Gasteiger partial charge on any atom is -0.481 e. The number of aromatic amines is 1. The number of rotatable bonds is 5. The highest BCUT2D eigenvalue weighted by atomic mass is 16.4. The van der Waals surface area contributed by atoms with E-state index in [1.54, 1.807) is 38.1 Å². The minimum atomic E-state index is -0.989. The second-order valence-corrected chi connectivity index (χ2v) is 6.74. The third kappa shape index (κ3) is 3.27. The number of hydrogen-bond donors (Lipinski definition) is 3. The standard InChI is InChI=1S/C20H22N2O4/c1-11-16-14(9-6-10-15(16)23)21-18(11)19(24)22-17(12(2)20(25)26)13-7-4-3-5-8-13/h3-5,7-8,12,17,21H,6,9-10H2,1-2H3,(H,22,24)(H,25,26). The van der Waals surface area contributed by atoms with E-state index in [0.29, 0.717) is 23.2 Å². The van der Waals surface area contributed by atoms with E-state index < -0.39 is 23.8 Å². The van der Waals surface area contributed by atoms with Gasteiger partial charge in [0.2, 0.25) is 0 Å². The van der Waals surface area contributed by atoms with Crippen molar-refractivity contribution in [1.29, 1.82) is 0 Å². The molecule has 6 nitrogen and oxygen atoms in total. The maximum atomic E-state index is 12.9. The number of benzene rings is 1. The van der Waals surface area contributed by atoms with Crippen molar-refractivity contribution in [1.82, 2.24) is 10.3 Å². The zero-order valence-electron chi connectivity index (χ0n) is 14.8. The van der Waals surface area contributed by atoms with Gasteiger partial charge in [-0.25, -0.2) is 0 Å². The molecule has 0 bridgehead atoms. The Morgan fingerprint density at radius 2 is 1.88 bits per heavy atom. The maximum Gasteiger partial charge on any atom is 0.308 e. The van der Waals surface area contributed by atoms with Gasteiger partial charge in [-0.2, -0.15) is 0 Å². The van der Waals surface area contributed by atoms with Crippen molar-refractivity contribution in [2.75, 3.05) is 0 Å². The molecule has 2 aromatic rings. The summed E-state index contributed by atoms with van der Waals surface area (Å²) >= 11 is 0. The molecule has 1 aromatic carbocycles. The number of nitrogens with one attached hydrogen (secondary N) is 2. The van der Waals surface area contributed by atoms with Crippen LogP contribution in [0.5, 0.6) is 0 Å². The zero-order chi connectivity index (χ0) is 18.8. The SMILES string of the molecule is Cc1c(C(=O)NC(c2ccccc2)C(C)C(=O)O)[nH]c2c1C(=O)CCC2. The molecule has 0 fully saturated rings. The number of carbonyl (C=O) groups excluding carboxylic acids is 2. The fraction of sp³-hybridized carbons (Fsp3) is 0.350. The molecule has 3 N–H and O–H groups in total. The van der Waals surface area contributed by atoms with E-state index in [2.05, 4.69) is 10.3 Å². The van der Waals surface area contributed by atoms with Crippen molar-refractivity contribution in [2.45, 2.75) is 39.2 Å². The summed E-state index contributed by atoms with van der Waals surface area (Å²) in [5.74, 6) is -2.13. The molecular formula is C20H22N2O4. The first-order valence-corrected chi connectivity index (χ1v) is 8.73. The van der Waals surface area contributed by atoms with E-state index in [-0.39, 0.29) is 5.78 Å². The summed E-state index contributed by atoms with van der Waals surface area (Å²) in [6.07, 6.45) is 2.01. The first-order chi connectivity index (χ1) is 12.4. The van der Waals surface area contributed by atoms with Crippen LogP contribution in [0.1, 0.15) is 63.5 Å². The molecule has 1 aromatic heterocycles. The van der Waals surface area contributed by atoms with Crippen molar-refractivity contribution in [3.05, 3.63) is 58.4 Å². The fourth-order valence-electron chi connectivity index (χ4n) is 3.51. The lowest BCUT2D eigenvalue weighted by atomic mass is 9.93. The van der Waals surface area contributed by atoms with Gasteiger partial charge in [0.1, 0.15) is 5.69 Å². The van der Waals surface area contributed by atoms with E-state index in [1.807, 2.05) is 6.07 Å². The molecule has 2 atom stereocenters. The van der Waals surface area contributed by atoms with Gasteiger partial charge in [-0.15, -0.1) is 0 Å². The second kappa shape index (κ2) is 7.15. The second-order valence-electron chi connectivity index (χ2n) is 6.74. The van der Waals surface area contributed by atoms with Gasteiger partial charge in [-0.1, -0.05) is 30.3 Å². The van der Waals surface area contributed by atoms with Crippen LogP contribution in [0.2, 0.25) is 0 Å². The van der Waals surface area contributed by atoms with Gasteiger partial charge in [0.05, 0.1) is 12.0 Å². The van der Waals surface area contributed by atoms with Crippen LogP contribution in [0, 0.1) is 12.8 Å². The molecule has 3 rings (SSSR count). The molecule has 1 heterocycles. The highest BCUT2D eigenvalue weighted by Gasteiger charge is 2.30. The van der Waals surface area contributed by atoms with Crippen molar-refractivity contribution in [3.8, 4) is 0 Å². The van der Waals surface area contributed by atoms with Crippen LogP contribution in [0.4, 0.5) is 0 Å². The van der Waals surface area contributed by atoms with E-state index in [1.165, 1.54) is 0 Å². The number of H-pyrrole nitrogens is 1. The maximum absolute atomic E-state index is 12.9. The summed E-state index contributed by atoms with van der Waals surface area (Å²) in [6.45, 7) is 3.32. The first kappa shape index (κ1) is 17.9. The molecular weight excluding hydrogens is 332 g/mol. The van der Waals surface area contributed by atoms with Crippen molar-refractivity contribution < 1.29 is 19.5 Å². The monoisotopic (exact) mass is 354 g/mol. The molecule has 0 aliphatic heterocycles. The van der Waals surface area contributed by atoms with Crippen LogP contribution in [0.25, 0.3) is 0 Å². The predicted octanol–water partition coefficient (Wildman–Crippen LogP) is 3.03. The topological polar surface area (TPSA) is 99.3 Å². The lowest BCUT2D eigenvalue weighted by Crippen LogP contribution is -2.36. The van der Waals surface area contributed by atoms with E-state index in [4.69, 9.17) is 0 Å². The van der Waals surface area contributed by atoms with E-state index >= 15 is 0 Å². The van der Waals surface area contributed by atoms with E-state index in [0.717, 1.165) is 24.1 Å². The Labute approximate surface area is 151 Å².